The van der Waals surface area contributed by atoms with E-state index in [1.54, 1.807) is 0 Å². The molecule has 0 saturated heterocycles. The van der Waals surface area contributed by atoms with E-state index < -0.39 is 29.4 Å². The molecule has 0 fully saturated rings. The highest BCUT2D eigenvalue weighted by Crippen LogP contribution is 2.25. The van der Waals surface area contributed by atoms with E-state index in [1.807, 2.05) is 35.6 Å². The van der Waals surface area contributed by atoms with Crippen molar-refractivity contribution < 1.29 is 24.0 Å². The van der Waals surface area contributed by atoms with E-state index in [1.165, 1.54) is 19.2 Å². The van der Waals surface area contributed by atoms with Crippen LogP contribution in [0.4, 0.5) is 16.2 Å². The van der Waals surface area contributed by atoms with Crippen molar-refractivity contribution in [3.63, 3.8) is 0 Å². The number of amides is 3. The fraction of sp³-hybridized carbons (Fsp3) is 0.167. The number of nitro groups is 1. The number of imide groups is 1. The molecule has 2 aromatic rings. The van der Waals surface area contributed by atoms with Crippen molar-refractivity contribution in [3.8, 4) is 0 Å². The molecule has 10 nitrogen and oxygen atoms in total. The molecule has 0 aliphatic carbocycles. The topological polar surface area (TPSA) is 140 Å². The molecule has 0 atom stereocenters. The quantitative estimate of drug-likeness (QED) is 0.374. The van der Waals surface area contributed by atoms with Gasteiger partial charge in [0.15, 0.2) is 6.61 Å². The van der Waals surface area contributed by atoms with E-state index in [0.29, 0.717) is 0 Å². The molecule has 0 aliphatic rings. The average Bonchev–Trinajstić information content (AvgIpc) is 2.70. The zero-order valence-electron chi connectivity index (χ0n) is 14.9. The van der Waals surface area contributed by atoms with Crippen LogP contribution in [0, 0.1) is 10.1 Å². The van der Waals surface area contributed by atoms with E-state index in [-0.39, 0.29) is 23.5 Å². The molecular weight excluding hydrogens is 368 g/mol. The molecule has 3 amide bonds. The van der Waals surface area contributed by atoms with Crippen LogP contribution in [0.25, 0.3) is 0 Å². The summed E-state index contributed by atoms with van der Waals surface area (Å²) >= 11 is 0. The lowest BCUT2D eigenvalue weighted by Gasteiger charge is -2.08. The summed E-state index contributed by atoms with van der Waals surface area (Å²) < 4.78 is 4.79. The van der Waals surface area contributed by atoms with E-state index in [9.17, 15) is 24.5 Å². The summed E-state index contributed by atoms with van der Waals surface area (Å²) in [6, 6.07) is 12.1. The number of carbonyl (C=O) groups excluding carboxylic acids is 3. The second-order valence-corrected chi connectivity index (χ2v) is 5.53. The van der Waals surface area contributed by atoms with Gasteiger partial charge in [-0.05, 0) is 17.7 Å². The number of anilines is 1. The second kappa shape index (κ2) is 9.67. The Labute approximate surface area is 160 Å². The molecule has 3 N–H and O–H groups in total. The van der Waals surface area contributed by atoms with Crippen molar-refractivity contribution in [1.82, 2.24) is 10.6 Å². The van der Waals surface area contributed by atoms with Crippen LogP contribution in [0.5, 0.6) is 0 Å². The third-order valence-electron chi connectivity index (χ3n) is 3.58. The maximum Gasteiger partial charge on any atom is 0.338 e. The Morgan fingerprint density at radius 2 is 1.82 bits per heavy atom. The van der Waals surface area contributed by atoms with Gasteiger partial charge in [0.05, 0.1) is 10.5 Å². The molecule has 0 saturated carbocycles. The summed E-state index contributed by atoms with van der Waals surface area (Å²) in [6.45, 7) is -0.486. The monoisotopic (exact) mass is 386 g/mol. The number of nitrogens with one attached hydrogen (secondary N) is 3. The summed E-state index contributed by atoms with van der Waals surface area (Å²) in [4.78, 5) is 45.7. The first kappa shape index (κ1) is 20.4. The van der Waals surface area contributed by atoms with Crippen LogP contribution in [-0.4, -0.2) is 36.5 Å². The maximum absolute atomic E-state index is 12.0. The Balaban J connectivity index is 1.83. The number of hydrogen-bond acceptors (Lipinski definition) is 7. The standard InChI is InChI=1S/C18H18N4O6/c1-19-14-8-7-13(9-15(14)22(26)27)17(24)28-11-16(23)21-18(25)20-10-12-5-3-2-4-6-12/h2-9,19H,10-11H2,1H3,(H2,20,21,23,25). The number of nitro benzene ring substituents is 1. The van der Waals surface area contributed by atoms with Crippen molar-refractivity contribution in [2.45, 2.75) is 6.54 Å². The molecule has 0 aliphatic heterocycles. The zero-order valence-corrected chi connectivity index (χ0v) is 14.9. The fourth-order valence-corrected chi connectivity index (χ4v) is 2.22. The number of carbonyl (C=O) groups is 3. The van der Waals surface area contributed by atoms with Gasteiger partial charge < -0.3 is 15.4 Å². The Hall–Kier alpha value is -3.95. The van der Waals surface area contributed by atoms with Gasteiger partial charge >= 0.3 is 12.0 Å². The average molecular weight is 386 g/mol. The van der Waals surface area contributed by atoms with Gasteiger partial charge in [-0.2, -0.15) is 0 Å². The molecule has 0 radical (unpaired) electrons. The highest BCUT2D eigenvalue weighted by atomic mass is 16.6. The fourth-order valence-electron chi connectivity index (χ4n) is 2.22. The predicted octanol–water partition coefficient (Wildman–Crippen LogP) is 1.82. The summed E-state index contributed by atoms with van der Waals surface area (Å²) in [5.74, 6) is -1.76. The maximum atomic E-state index is 12.0. The van der Waals surface area contributed by atoms with Gasteiger partial charge in [-0.1, -0.05) is 30.3 Å². The summed E-state index contributed by atoms with van der Waals surface area (Å²) in [5, 5.41) is 18.2. The van der Waals surface area contributed by atoms with Crippen LogP contribution in [0.1, 0.15) is 15.9 Å². The molecule has 28 heavy (non-hydrogen) atoms. The van der Waals surface area contributed by atoms with Crippen LogP contribution in [0.15, 0.2) is 48.5 Å². The highest BCUT2D eigenvalue weighted by Gasteiger charge is 2.18. The van der Waals surface area contributed by atoms with Crippen molar-refractivity contribution in [1.29, 1.82) is 0 Å². The summed E-state index contributed by atoms with van der Waals surface area (Å²) in [6.07, 6.45) is 0. The summed E-state index contributed by atoms with van der Waals surface area (Å²) in [5.41, 5.74) is 0.686. The van der Waals surface area contributed by atoms with Crippen LogP contribution < -0.4 is 16.0 Å². The van der Waals surface area contributed by atoms with Crippen molar-refractivity contribution >= 4 is 29.3 Å². The first-order valence-corrected chi connectivity index (χ1v) is 8.15. The molecule has 2 aromatic carbocycles. The van der Waals surface area contributed by atoms with Gasteiger partial charge in [0.2, 0.25) is 0 Å². The predicted molar refractivity (Wildman–Crippen MR) is 99.7 cm³/mol. The van der Waals surface area contributed by atoms with Crippen molar-refractivity contribution in [2.75, 3.05) is 19.0 Å². The first-order chi connectivity index (χ1) is 13.4. The highest BCUT2D eigenvalue weighted by molar-refractivity contribution is 5.97. The van der Waals surface area contributed by atoms with Crippen LogP contribution in [-0.2, 0) is 16.1 Å². The number of urea groups is 1. The second-order valence-electron chi connectivity index (χ2n) is 5.53. The summed E-state index contributed by atoms with van der Waals surface area (Å²) in [7, 11) is 1.51. The Bertz CT molecular complexity index is 885. The minimum Gasteiger partial charge on any atom is -0.452 e. The van der Waals surface area contributed by atoms with Crippen molar-refractivity contribution in [2.24, 2.45) is 0 Å². The number of benzene rings is 2. The van der Waals surface area contributed by atoms with E-state index in [0.717, 1.165) is 11.6 Å². The molecule has 0 bridgehead atoms. The third-order valence-corrected chi connectivity index (χ3v) is 3.58. The number of ether oxygens (including phenoxy) is 1. The Kier molecular flexibility index (Phi) is 7.03. The van der Waals surface area contributed by atoms with Gasteiger partial charge in [0, 0.05) is 19.7 Å². The van der Waals surface area contributed by atoms with Gasteiger partial charge in [-0.3, -0.25) is 20.2 Å². The molecule has 0 spiro atoms. The molecule has 2 rings (SSSR count). The third kappa shape index (κ3) is 5.80. The molecule has 10 heteroatoms. The van der Waals surface area contributed by atoms with Crippen LogP contribution in [0.3, 0.4) is 0 Å². The van der Waals surface area contributed by atoms with E-state index >= 15 is 0 Å². The largest absolute Gasteiger partial charge is 0.452 e. The van der Waals surface area contributed by atoms with Crippen LogP contribution in [0.2, 0.25) is 0 Å². The van der Waals surface area contributed by atoms with E-state index in [2.05, 4.69) is 10.6 Å². The molecule has 0 heterocycles. The van der Waals surface area contributed by atoms with Crippen LogP contribution >= 0.6 is 0 Å². The van der Waals surface area contributed by atoms with Gasteiger partial charge in [-0.25, -0.2) is 9.59 Å². The minimum absolute atomic E-state index is 0.0907. The normalized spacial score (nSPS) is 9.89. The molecule has 146 valence electrons. The first-order valence-electron chi connectivity index (χ1n) is 8.15. The van der Waals surface area contributed by atoms with Gasteiger partial charge in [-0.15, -0.1) is 0 Å². The number of hydrogen-bond donors (Lipinski definition) is 3. The smallest absolute Gasteiger partial charge is 0.338 e. The SMILES string of the molecule is CNc1ccc(C(=O)OCC(=O)NC(=O)NCc2ccccc2)cc1[N+](=O)[O-]. The molecular formula is C18H18N4O6. The lowest BCUT2D eigenvalue weighted by Crippen LogP contribution is -2.41. The molecule has 0 unspecified atom stereocenters. The number of esters is 1. The lowest BCUT2D eigenvalue weighted by molar-refractivity contribution is -0.384. The Morgan fingerprint density at radius 1 is 1.11 bits per heavy atom. The number of rotatable bonds is 7. The van der Waals surface area contributed by atoms with Gasteiger partial charge in [0.25, 0.3) is 11.6 Å². The zero-order chi connectivity index (χ0) is 20.5. The van der Waals surface area contributed by atoms with Crippen molar-refractivity contribution in [3.05, 3.63) is 69.8 Å². The molecule has 0 aromatic heterocycles. The Morgan fingerprint density at radius 3 is 2.46 bits per heavy atom. The minimum atomic E-state index is -0.925. The lowest BCUT2D eigenvalue weighted by atomic mass is 10.1. The number of nitrogens with zero attached hydrogens (tertiary/aromatic N) is 1. The van der Waals surface area contributed by atoms with Gasteiger partial charge in [0.1, 0.15) is 5.69 Å². The van der Waals surface area contributed by atoms with E-state index in [4.69, 9.17) is 4.74 Å².